The normalized spacial score (nSPS) is 19.2. The Morgan fingerprint density at radius 1 is 1.35 bits per heavy atom. The average molecular weight is 292 g/mol. The number of likely N-dealkylation sites (tertiary alicyclic amines) is 1. The second-order valence-corrected chi connectivity index (χ2v) is 6.44. The smallest absolute Gasteiger partial charge is 0.410 e. The Balaban J connectivity index is 2.28. The van der Waals surface area contributed by atoms with Crippen molar-refractivity contribution in [2.45, 2.75) is 58.6 Å². The highest BCUT2D eigenvalue weighted by Gasteiger charge is 2.27. The van der Waals surface area contributed by atoms with Crippen molar-refractivity contribution >= 4 is 6.09 Å². The van der Waals surface area contributed by atoms with Gasteiger partial charge < -0.3 is 15.0 Å². The molecule has 0 spiro atoms. The topological polar surface area (TPSA) is 41.6 Å². The van der Waals surface area contributed by atoms with E-state index in [1.807, 2.05) is 20.8 Å². The predicted molar refractivity (Wildman–Crippen MR) is 74.0 cm³/mol. The van der Waals surface area contributed by atoms with E-state index in [-0.39, 0.29) is 6.09 Å². The lowest BCUT2D eigenvalue weighted by Gasteiger charge is -2.33. The van der Waals surface area contributed by atoms with E-state index >= 15 is 0 Å². The summed E-state index contributed by atoms with van der Waals surface area (Å²) in [4.78, 5) is 13.6. The Morgan fingerprint density at radius 3 is 2.35 bits per heavy atom. The van der Waals surface area contributed by atoms with Crippen LogP contribution in [0.25, 0.3) is 0 Å². The summed E-state index contributed by atoms with van der Waals surface area (Å²) in [6.07, 6.45) is -0.980. The maximum Gasteiger partial charge on any atom is 0.410 e. The number of piperidine rings is 1. The van der Waals surface area contributed by atoms with Crippen LogP contribution < -0.4 is 5.32 Å². The predicted octanol–water partition coefficient (Wildman–Crippen LogP) is 2.88. The van der Waals surface area contributed by atoms with E-state index in [1.165, 1.54) is 6.92 Å². The summed E-state index contributed by atoms with van der Waals surface area (Å²) in [5.74, 6) is 0.342. The molecule has 0 aliphatic carbocycles. The molecule has 1 rings (SSSR count). The van der Waals surface area contributed by atoms with E-state index in [9.17, 15) is 13.6 Å². The highest BCUT2D eigenvalue weighted by Crippen LogP contribution is 2.19. The lowest BCUT2D eigenvalue weighted by Crippen LogP contribution is -2.44. The maximum absolute atomic E-state index is 12.4. The molecule has 6 heteroatoms. The molecule has 1 aliphatic heterocycles. The summed E-state index contributed by atoms with van der Waals surface area (Å²) < 4.78 is 30.1. The third kappa shape index (κ3) is 6.03. The van der Waals surface area contributed by atoms with Gasteiger partial charge in [-0.1, -0.05) is 0 Å². The number of amides is 1. The Labute approximate surface area is 119 Å². The molecule has 1 fully saturated rings. The minimum atomic E-state index is -2.34. The quantitative estimate of drug-likeness (QED) is 0.866. The van der Waals surface area contributed by atoms with Crippen LogP contribution in [0.1, 0.15) is 40.5 Å². The first-order chi connectivity index (χ1) is 9.19. The van der Waals surface area contributed by atoms with Crippen molar-refractivity contribution in [1.29, 1.82) is 0 Å². The summed E-state index contributed by atoms with van der Waals surface area (Å²) in [5, 5.41) is 2.85. The van der Waals surface area contributed by atoms with Gasteiger partial charge in [-0.3, -0.25) is 0 Å². The van der Waals surface area contributed by atoms with Gasteiger partial charge in [0, 0.05) is 13.1 Å². The first-order valence-corrected chi connectivity index (χ1v) is 7.18. The molecule has 1 saturated heterocycles. The zero-order chi connectivity index (χ0) is 15.3. The third-order valence-corrected chi connectivity index (χ3v) is 3.37. The number of alkyl halides is 2. The standard InChI is InChI=1S/C14H26F2N2O2/c1-10(12(15)16)17-9-11-5-7-18(8-6-11)13(19)20-14(2,3)4/h10-12,17H,5-9H2,1-4H3. The monoisotopic (exact) mass is 292 g/mol. The largest absolute Gasteiger partial charge is 0.444 e. The maximum atomic E-state index is 12.4. The number of carbonyl (C=O) groups is 1. The second kappa shape index (κ2) is 7.20. The number of rotatable bonds is 4. The molecule has 0 saturated carbocycles. The minimum Gasteiger partial charge on any atom is -0.444 e. The van der Waals surface area contributed by atoms with Crippen molar-refractivity contribution in [3.63, 3.8) is 0 Å². The molecule has 1 aliphatic rings. The Bertz CT molecular complexity index is 311. The van der Waals surface area contributed by atoms with Gasteiger partial charge in [-0.25, -0.2) is 13.6 Å². The van der Waals surface area contributed by atoms with Crippen LogP contribution in [0.4, 0.5) is 13.6 Å². The summed E-state index contributed by atoms with van der Waals surface area (Å²) in [6, 6.07) is -0.779. The zero-order valence-corrected chi connectivity index (χ0v) is 12.8. The van der Waals surface area contributed by atoms with Crippen molar-refractivity contribution in [3.05, 3.63) is 0 Å². The molecule has 20 heavy (non-hydrogen) atoms. The first-order valence-electron chi connectivity index (χ1n) is 7.18. The number of nitrogens with zero attached hydrogens (tertiary/aromatic N) is 1. The van der Waals surface area contributed by atoms with E-state index in [0.29, 0.717) is 25.6 Å². The molecule has 1 heterocycles. The van der Waals surface area contributed by atoms with Crippen molar-refractivity contribution in [2.24, 2.45) is 5.92 Å². The molecular formula is C14H26F2N2O2. The zero-order valence-electron chi connectivity index (χ0n) is 12.8. The molecule has 1 amide bonds. The number of ether oxygens (including phenoxy) is 1. The van der Waals surface area contributed by atoms with Gasteiger partial charge in [0.15, 0.2) is 0 Å². The van der Waals surface area contributed by atoms with Crippen LogP contribution in [-0.4, -0.2) is 48.7 Å². The molecule has 0 aromatic heterocycles. The highest BCUT2D eigenvalue weighted by atomic mass is 19.3. The van der Waals surface area contributed by atoms with E-state index in [4.69, 9.17) is 4.74 Å². The lowest BCUT2D eigenvalue weighted by atomic mass is 9.97. The van der Waals surface area contributed by atoms with Gasteiger partial charge in [0.2, 0.25) is 0 Å². The first kappa shape index (κ1) is 17.1. The van der Waals surface area contributed by atoms with E-state index < -0.39 is 18.1 Å². The minimum absolute atomic E-state index is 0.287. The van der Waals surface area contributed by atoms with Crippen molar-refractivity contribution in [2.75, 3.05) is 19.6 Å². The van der Waals surface area contributed by atoms with Crippen molar-refractivity contribution < 1.29 is 18.3 Å². The Morgan fingerprint density at radius 2 is 1.90 bits per heavy atom. The van der Waals surface area contributed by atoms with E-state index in [0.717, 1.165) is 12.8 Å². The second-order valence-electron chi connectivity index (χ2n) is 6.44. The van der Waals surface area contributed by atoms with E-state index in [1.54, 1.807) is 4.90 Å². The lowest BCUT2D eigenvalue weighted by molar-refractivity contribution is 0.0180. The third-order valence-electron chi connectivity index (χ3n) is 3.37. The fraction of sp³-hybridized carbons (Fsp3) is 0.929. The summed E-state index contributed by atoms with van der Waals surface area (Å²) in [7, 11) is 0. The number of hydrogen-bond donors (Lipinski definition) is 1. The van der Waals surface area contributed by atoms with Crippen molar-refractivity contribution in [1.82, 2.24) is 10.2 Å². The Hall–Kier alpha value is -0.910. The molecular weight excluding hydrogens is 266 g/mol. The van der Waals surface area contributed by atoms with Crippen LogP contribution in [0.3, 0.4) is 0 Å². The molecule has 0 aromatic rings. The molecule has 4 nitrogen and oxygen atoms in total. The molecule has 0 bridgehead atoms. The summed E-state index contributed by atoms with van der Waals surface area (Å²) in [5.41, 5.74) is -0.484. The van der Waals surface area contributed by atoms with Crippen LogP contribution in [0.2, 0.25) is 0 Å². The average Bonchev–Trinajstić information content (AvgIpc) is 2.34. The Kier molecular flexibility index (Phi) is 6.17. The number of hydrogen-bond acceptors (Lipinski definition) is 3. The van der Waals surface area contributed by atoms with Crippen LogP contribution in [0, 0.1) is 5.92 Å². The molecule has 0 aromatic carbocycles. The fourth-order valence-electron chi connectivity index (χ4n) is 2.09. The van der Waals surface area contributed by atoms with Crippen molar-refractivity contribution in [3.8, 4) is 0 Å². The van der Waals surface area contributed by atoms with Gasteiger partial charge in [-0.15, -0.1) is 0 Å². The molecule has 1 N–H and O–H groups in total. The van der Waals surface area contributed by atoms with Gasteiger partial charge in [-0.05, 0) is 53.0 Å². The SMILES string of the molecule is CC(NCC1CCN(C(=O)OC(C)(C)C)CC1)C(F)F. The number of carbonyl (C=O) groups excluding carboxylic acids is 1. The number of nitrogens with one attached hydrogen (secondary N) is 1. The fourth-order valence-corrected chi connectivity index (χ4v) is 2.09. The molecule has 0 radical (unpaired) electrons. The molecule has 118 valence electrons. The summed E-state index contributed by atoms with van der Waals surface area (Å²) in [6.45, 7) is 8.84. The van der Waals surface area contributed by atoms with Crippen LogP contribution in [0.5, 0.6) is 0 Å². The molecule has 1 unspecified atom stereocenters. The van der Waals surface area contributed by atoms with Crippen LogP contribution in [-0.2, 0) is 4.74 Å². The van der Waals surface area contributed by atoms with E-state index in [2.05, 4.69) is 5.32 Å². The summed E-state index contributed by atoms with van der Waals surface area (Å²) >= 11 is 0. The van der Waals surface area contributed by atoms with Crippen LogP contribution in [0.15, 0.2) is 0 Å². The van der Waals surface area contributed by atoms with Gasteiger partial charge in [0.25, 0.3) is 6.43 Å². The molecule has 1 atom stereocenters. The van der Waals surface area contributed by atoms with Gasteiger partial charge in [0.1, 0.15) is 5.60 Å². The van der Waals surface area contributed by atoms with Gasteiger partial charge in [-0.2, -0.15) is 0 Å². The van der Waals surface area contributed by atoms with Gasteiger partial charge in [0.05, 0.1) is 6.04 Å². The van der Waals surface area contributed by atoms with Gasteiger partial charge >= 0.3 is 6.09 Å². The highest BCUT2D eigenvalue weighted by molar-refractivity contribution is 5.68. The van der Waals surface area contributed by atoms with Crippen LogP contribution >= 0.6 is 0 Å². The number of halogens is 2.